The average Bonchev–Trinajstić information content (AvgIpc) is 3.59. The van der Waals surface area contributed by atoms with Gasteiger partial charge in [0, 0.05) is 36.8 Å². The standard InChI is InChI=1S/C55H78N2O14/c1-30(2)8-19-42(59)32(4)55(64)45(25-41-39-18-15-36-24-37(58)20-22-53(36,5)40(39)21-23-54(41,55)6)68-50-31(3)46(43(60)28-66-50)70-51-48(69-49(62)35-13-16-38(65-7)17-14-35)47(44(61)29-67-51)71-52(63)57-27-34-11-9-33(26-56)10-12-34/h9-17,30-32,37,39-41,43-48,50-51,58,60-61,64H,8,18-29,56H2,1-7H3,(H,57,63)/t31?,32-,37+,39-,40?,41+,43?,44?,45+,46?,47?,48?,50?,51?,53+,54+,55-/m1/s1. The third-order valence-electron chi connectivity index (χ3n) is 17.7. The number of methoxy groups -OCH3 is 1. The molecule has 3 saturated carbocycles. The Morgan fingerprint density at radius 1 is 0.845 bits per heavy atom. The number of ketones is 1. The van der Waals surface area contributed by atoms with Crippen LogP contribution in [0.25, 0.3) is 0 Å². The Bertz CT molecular complexity index is 2210. The van der Waals surface area contributed by atoms with Crippen molar-refractivity contribution in [3.8, 4) is 5.75 Å². The number of esters is 1. The second kappa shape index (κ2) is 21.9. The highest BCUT2D eigenvalue weighted by Crippen LogP contribution is 2.69. The Hall–Kier alpha value is -3.97. The molecular formula is C55H78N2O14. The van der Waals surface area contributed by atoms with Crippen LogP contribution in [0, 0.1) is 46.3 Å². The minimum Gasteiger partial charge on any atom is -0.497 e. The minimum absolute atomic E-state index is 0.00872. The summed E-state index contributed by atoms with van der Waals surface area (Å²) in [6.07, 6.45) is -2.65. The highest BCUT2D eigenvalue weighted by molar-refractivity contribution is 5.89. The number of nitrogens with one attached hydrogen (secondary N) is 1. The lowest BCUT2D eigenvalue weighted by molar-refractivity contribution is -0.333. The summed E-state index contributed by atoms with van der Waals surface area (Å²) >= 11 is 0. The van der Waals surface area contributed by atoms with Gasteiger partial charge in [-0.1, -0.05) is 77.5 Å². The predicted octanol–water partition coefficient (Wildman–Crippen LogP) is 6.12. The van der Waals surface area contributed by atoms with Crippen molar-refractivity contribution < 1.29 is 68.0 Å². The molecule has 9 unspecified atom stereocenters. The average molecular weight is 991 g/mol. The number of rotatable bonds is 16. The monoisotopic (exact) mass is 991 g/mol. The smallest absolute Gasteiger partial charge is 0.407 e. The number of hydrogen-bond donors (Lipinski definition) is 6. The van der Waals surface area contributed by atoms with Crippen LogP contribution < -0.4 is 15.8 Å². The molecule has 0 aromatic heterocycles. The number of aliphatic hydroxyl groups is 4. The third kappa shape index (κ3) is 10.6. The lowest BCUT2D eigenvalue weighted by Gasteiger charge is -2.59. The molecule has 7 N–H and O–H groups in total. The lowest BCUT2D eigenvalue weighted by Crippen LogP contribution is -2.62. The number of alkyl carbamates (subject to hydrolysis) is 1. The van der Waals surface area contributed by atoms with Crippen molar-refractivity contribution in [1.82, 2.24) is 5.32 Å². The van der Waals surface area contributed by atoms with Crippen LogP contribution >= 0.6 is 0 Å². The Kier molecular flexibility index (Phi) is 16.4. The van der Waals surface area contributed by atoms with E-state index in [9.17, 15) is 34.8 Å². The van der Waals surface area contributed by atoms with Gasteiger partial charge in [-0.3, -0.25) is 4.79 Å². The molecule has 2 aromatic carbocycles. The van der Waals surface area contributed by atoms with Crippen molar-refractivity contribution in [1.29, 1.82) is 0 Å². The van der Waals surface area contributed by atoms with Gasteiger partial charge < -0.3 is 64.6 Å². The molecule has 71 heavy (non-hydrogen) atoms. The molecule has 4 aliphatic carbocycles. The molecule has 6 aliphatic rings. The van der Waals surface area contributed by atoms with E-state index in [4.69, 9.17) is 38.9 Å². The molecule has 2 aromatic rings. The van der Waals surface area contributed by atoms with E-state index in [0.717, 1.165) is 36.8 Å². The highest BCUT2D eigenvalue weighted by Gasteiger charge is 2.70. The van der Waals surface area contributed by atoms with Crippen LogP contribution in [0.2, 0.25) is 0 Å². The van der Waals surface area contributed by atoms with Gasteiger partial charge in [0.25, 0.3) is 0 Å². The van der Waals surface area contributed by atoms with Crippen LogP contribution in [-0.4, -0.2) is 120 Å². The van der Waals surface area contributed by atoms with E-state index in [1.165, 1.54) is 24.8 Å². The molecule has 17 atom stereocenters. The van der Waals surface area contributed by atoms with Crippen molar-refractivity contribution in [2.45, 2.75) is 173 Å². The predicted molar refractivity (Wildman–Crippen MR) is 260 cm³/mol. The van der Waals surface area contributed by atoms with E-state index >= 15 is 0 Å². The second-order valence-electron chi connectivity index (χ2n) is 22.3. The number of fused-ring (bicyclic) bond motifs is 5. The fourth-order valence-electron chi connectivity index (χ4n) is 13.3. The van der Waals surface area contributed by atoms with Crippen LogP contribution in [-0.2, 0) is 46.3 Å². The fraction of sp³-hybridized carbons (Fsp3) is 0.691. The number of carbonyl (C=O) groups excluding carboxylic acids is 3. The van der Waals surface area contributed by atoms with Gasteiger partial charge in [-0.2, -0.15) is 0 Å². The summed E-state index contributed by atoms with van der Waals surface area (Å²) in [5, 5.41) is 49.8. The van der Waals surface area contributed by atoms with Gasteiger partial charge in [-0.15, -0.1) is 0 Å². The minimum atomic E-state index is -1.57. The van der Waals surface area contributed by atoms with Crippen LogP contribution in [0.1, 0.15) is 121 Å². The summed E-state index contributed by atoms with van der Waals surface area (Å²) < 4.78 is 43.0. The van der Waals surface area contributed by atoms with Gasteiger partial charge in [0.05, 0.1) is 44.2 Å². The molecule has 0 radical (unpaired) electrons. The first-order valence-corrected chi connectivity index (χ1v) is 25.9. The summed E-state index contributed by atoms with van der Waals surface area (Å²) in [4.78, 5) is 41.5. The molecule has 0 bridgehead atoms. The van der Waals surface area contributed by atoms with Crippen molar-refractivity contribution in [2.24, 2.45) is 52.1 Å². The Balaban J connectivity index is 1.04. The Labute approximate surface area is 418 Å². The van der Waals surface area contributed by atoms with Crippen LogP contribution in [0.4, 0.5) is 4.79 Å². The zero-order valence-corrected chi connectivity index (χ0v) is 42.5. The first-order valence-electron chi connectivity index (χ1n) is 25.9. The molecule has 2 saturated heterocycles. The van der Waals surface area contributed by atoms with Crippen molar-refractivity contribution >= 4 is 17.8 Å². The first-order chi connectivity index (χ1) is 33.8. The number of benzene rings is 2. The number of nitrogens with two attached hydrogens (primary N) is 1. The first kappa shape index (κ1) is 53.3. The maximum absolute atomic E-state index is 14.2. The van der Waals surface area contributed by atoms with Gasteiger partial charge in [0.1, 0.15) is 29.3 Å². The maximum atomic E-state index is 14.2. The SMILES string of the molecule is COc1ccc(C(=O)OC2C(OC3C(O)COC(O[C@H]4C[C@H]5[C@@H]6CC=C7C[C@@H](O)CC[C@]7(C)C6CC[C@]5(C)[C@@]4(O)[C@H](C)C(=O)CCC(C)C)C3C)OCC(O)C2OC(=O)NCc2ccc(CN)cc2)cc1. The summed E-state index contributed by atoms with van der Waals surface area (Å²) in [5.41, 5.74) is 6.62. The van der Waals surface area contributed by atoms with Crippen LogP contribution in [0.15, 0.2) is 60.2 Å². The zero-order valence-electron chi connectivity index (χ0n) is 42.5. The molecule has 8 rings (SSSR count). The number of hydrogen-bond acceptors (Lipinski definition) is 15. The molecule has 2 aliphatic heterocycles. The van der Waals surface area contributed by atoms with Crippen LogP contribution in [0.3, 0.4) is 0 Å². The molecule has 0 spiro atoms. The van der Waals surface area contributed by atoms with Crippen molar-refractivity contribution in [3.63, 3.8) is 0 Å². The fourth-order valence-corrected chi connectivity index (χ4v) is 13.3. The number of amides is 1. The number of carbonyl (C=O) groups is 3. The zero-order chi connectivity index (χ0) is 51.0. The van der Waals surface area contributed by atoms with E-state index in [0.29, 0.717) is 56.2 Å². The molecule has 16 heteroatoms. The van der Waals surface area contributed by atoms with Gasteiger partial charge in [0.15, 0.2) is 24.8 Å². The van der Waals surface area contributed by atoms with E-state index in [2.05, 4.69) is 39.1 Å². The number of Topliss-reactive ketones (excluding diaryl/α,β-unsaturated/α-hetero) is 1. The molecule has 16 nitrogen and oxygen atoms in total. The van der Waals surface area contributed by atoms with E-state index < -0.39 is 84.1 Å². The summed E-state index contributed by atoms with van der Waals surface area (Å²) in [7, 11) is 1.50. The second-order valence-corrected chi connectivity index (χ2v) is 22.3. The van der Waals surface area contributed by atoms with Crippen LogP contribution in [0.5, 0.6) is 5.75 Å². The molecular weight excluding hydrogens is 913 g/mol. The molecule has 1 amide bonds. The quantitative estimate of drug-likeness (QED) is 0.0821. The molecule has 392 valence electrons. The normalized spacial score (nSPS) is 38.2. The Morgan fingerprint density at radius 3 is 2.20 bits per heavy atom. The third-order valence-corrected chi connectivity index (χ3v) is 17.7. The highest BCUT2D eigenvalue weighted by atomic mass is 16.7. The number of ether oxygens (including phenoxy) is 7. The van der Waals surface area contributed by atoms with Gasteiger partial charge in [0.2, 0.25) is 0 Å². The Morgan fingerprint density at radius 2 is 1.52 bits per heavy atom. The van der Waals surface area contributed by atoms with Gasteiger partial charge >= 0.3 is 12.1 Å². The summed E-state index contributed by atoms with van der Waals surface area (Å²) in [6.45, 7) is 12.2. The van der Waals surface area contributed by atoms with Crippen molar-refractivity contribution in [2.75, 3.05) is 20.3 Å². The van der Waals surface area contributed by atoms with E-state index in [-0.39, 0.29) is 54.5 Å². The number of allylic oxidation sites excluding steroid dienone is 1. The van der Waals surface area contributed by atoms with Gasteiger partial charge in [-0.25, -0.2) is 9.59 Å². The molecule has 2 heterocycles. The van der Waals surface area contributed by atoms with Crippen molar-refractivity contribution in [3.05, 3.63) is 76.9 Å². The maximum Gasteiger partial charge on any atom is 0.407 e. The topological polar surface area (TPSA) is 235 Å². The van der Waals surface area contributed by atoms with E-state index in [1.807, 2.05) is 31.2 Å². The number of aliphatic hydroxyl groups excluding tert-OH is 3. The van der Waals surface area contributed by atoms with E-state index in [1.54, 1.807) is 19.1 Å². The summed E-state index contributed by atoms with van der Waals surface area (Å²) in [6, 6.07) is 13.5. The largest absolute Gasteiger partial charge is 0.497 e. The molecule has 5 fully saturated rings. The lowest BCUT2D eigenvalue weighted by atomic mass is 9.46. The van der Waals surface area contributed by atoms with Gasteiger partial charge in [-0.05, 0) is 116 Å². The summed E-state index contributed by atoms with van der Waals surface area (Å²) in [5.74, 6) is -0.896.